The number of nitrogens with zero attached hydrogens (tertiary/aromatic N) is 2. The average Bonchev–Trinajstić information content (AvgIpc) is 3.19. The number of hydrogen-bond acceptors (Lipinski definition) is 10. The number of nitrogens with two attached hydrogens (primary N) is 1. The number of β-lactam (4-membered cyclic amide) rings is 1. The third kappa shape index (κ3) is 6.05. The molecule has 2 aliphatic heterocycles. The van der Waals surface area contributed by atoms with E-state index in [-0.39, 0.29) is 24.5 Å². The lowest BCUT2D eigenvalue weighted by molar-refractivity contribution is -0.286. The summed E-state index contributed by atoms with van der Waals surface area (Å²) < 4.78 is 41.3. The second-order valence-corrected chi connectivity index (χ2v) is 10.7. The van der Waals surface area contributed by atoms with Crippen molar-refractivity contribution in [3.05, 3.63) is 47.7 Å². The first-order chi connectivity index (χ1) is 19.1. The van der Waals surface area contributed by atoms with E-state index < -0.39 is 53.8 Å². The summed E-state index contributed by atoms with van der Waals surface area (Å²) in [5, 5.41) is 26.8. The number of fused-ring (bicyclic) bond motifs is 1. The molecule has 1 aromatic heterocycles. The molecule has 6 atom stereocenters. The Morgan fingerprint density at radius 3 is 2.61 bits per heavy atom. The van der Waals surface area contributed by atoms with Crippen LogP contribution in [0.25, 0.3) is 0 Å². The van der Waals surface area contributed by atoms with Gasteiger partial charge in [0.1, 0.15) is 18.1 Å². The molecule has 4 rings (SSSR count). The standard InChI is InChI=1S/C27H35F2N5O7/c1-6-39-26(5,38)22-25(4,13-16-9-10-31-20(11-16)33-21(35)14(2)30)23(36)34(22)24(37)32-15(3)17-7-8-18-19(12-17)41-27(28,29)40-18/h7-12,14-15,21-22,35,38H,6,13,30H2,1-5H3,(H,31,33)(H,32,37). The Hall–Kier alpha value is -3.59. The molecule has 12 nitrogen and oxygen atoms in total. The van der Waals surface area contributed by atoms with Crippen molar-refractivity contribution in [2.24, 2.45) is 11.1 Å². The van der Waals surface area contributed by atoms with Crippen LogP contribution in [-0.4, -0.2) is 69.0 Å². The largest absolute Gasteiger partial charge is 0.586 e. The summed E-state index contributed by atoms with van der Waals surface area (Å²) in [5.41, 5.74) is 5.52. The zero-order valence-electron chi connectivity index (χ0n) is 23.4. The topological polar surface area (TPSA) is 169 Å². The molecular weight excluding hydrogens is 544 g/mol. The molecule has 2 aromatic rings. The number of rotatable bonds is 10. The number of likely N-dealkylation sites (tertiary alicyclic amines) is 1. The number of amides is 3. The molecule has 3 heterocycles. The lowest BCUT2D eigenvalue weighted by Gasteiger charge is -2.57. The van der Waals surface area contributed by atoms with E-state index in [9.17, 15) is 28.6 Å². The summed E-state index contributed by atoms with van der Waals surface area (Å²) >= 11 is 0. The minimum Gasteiger partial charge on any atom is -0.395 e. The number of aliphatic hydroxyl groups excluding tert-OH is 1. The van der Waals surface area contributed by atoms with Gasteiger partial charge in [-0.15, -0.1) is 8.78 Å². The molecule has 0 aliphatic carbocycles. The van der Waals surface area contributed by atoms with Crippen LogP contribution in [0.5, 0.6) is 11.5 Å². The van der Waals surface area contributed by atoms with Gasteiger partial charge in [-0.1, -0.05) is 6.07 Å². The molecule has 0 radical (unpaired) electrons. The predicted molar refractivity (Wildman–Crippen MR) is 142 cm³/mol. The highest BCUT2D eigenvalue weighted by Gasteiger charge is 2.66. The van der Waals surface area contributed by atoms with E-state index in [0.29, 0.717) is 16.9 Å². The van der Waals surface area contributed by atoms with Gasteiger partial charge in [-0.2, -0.15) is 0 Å². The van der Waals surface area contributed by atoms with Gasteiger partial charge in [-0.25, -0.2) is 9.78 Å². The van der Waals surface area contributed by atoms with Crippen LogP contribution >= 0.6 is 0 Å². The number of imide groups is 1. The molecule has 0 spiro atoms. The van der Waals surface area contributed by atoms with E-state index in [1.807, 2.05) is 0 Å². The summed E-state index contributed by atoms with van der Waals surface area (Å²) in [6.45, 7) is 8.03. The molecule has 1 saturated heterocycles. The van der Waals surface area contributed by atoms with Crippen LogP contribution in [0.2, 0.25) is 0 Å². The second-order valence-electron chi connectivity index (χ2n) is 10.7. The number of nitrogens with one attached hydrogen (secondary N) is 2. The zero-order chi connectivity index (χ0) is 30.3. The number of alkyl halides is 2. The van der Waals surface area contributed by atoms with E-state index in [1.165, 1.54) is 31.3 Å². The van der Waals surface area contributed by atoms with E-state index >= 15 is 0 Å². The van der Waals surface area contributed by atoms with Crippen LogP contribution in [0.1, 0.15) is 51.8 Å². The summed E-state index contributed by atoms with van der Waals surface area (Å²) in [4.78, 5) is 32.0. The van der Waals surface area contributed by atoms with Crippen molar-refractivity contribution >= 4 is 17.8 Å². The van der Waals surface area contributed by atoms with Gasteiger partial charge >= 0.3 is 12.3 Å². The summed E-state index contributed by atoms with van der Waals surface area (Å²) in [7, 11) is 0. The molecule has 14 heteroatoms. The lowest BCUT2D eigenvalue weighted by atomic mass is 9.65. The molecule has 3 amide bonds. The Morgan fingerprint density at radius 1 is 1.27 bits per heavy atom. The number of hydrogen-bond donors (Lipinski definition) is 5. The van der Waals surface area contributed by atoms with Gasteiger partial charge in [0.05, 0.1) is 11.5 Å². The van der Waals surface area contributed by atoms with Crippen LogP contribution in [0.15, 0.2) is 36.5 Å². The Morgan fingerprint density at radius 2 is 1.95 bits per heavy atom. The first kappa shape index (κ1) is 30.4. The molecule has 41 heavy (non-hydrogen) atoms. The quantitative estimate of drug-likeness (QED) is 0.208. The Balaban J connectivity index is 1.54. The van der Waals surface area contributed by atoms with Gasteiger partial charge in [0.25, 0.3) is 0 Å². The second kappa shape index (κ2) is 11.0. The first-order valence-corrected chi connectivity index (χ1v) is 13.1. The number of aliphatic hydroxyl groups is 2. The van der Waals surface area contributed by atoms with E-state index in [4.69, 9.17) is 10.5 Å². The number of anilines is 1. The number of benzene rings is 1. The number of carbonyl (C=O) groups excluding carboxylic acids is 2. The summed E-state index contributed by atoms with van der Waals surface area (Å²) in [6, 6.07) is 4.24. The van der Waals surface area contributed by atoms with E-state index in [1.54, 1.807) is 39.8 Å². The lowest BCUT2D eigenvalue weighted by Crippen LogP contribution is -2.78. The van der Waals surface area contributed by atoms with Crippen molar-refractivity contribution in [3.63, 3.8) is 0 Å². The highest BCUT2D eigenvalue weighted by atomic mass is 19.3. The van der Waals surface area contributed by atoms with Gasteiger partial charge in [0.15, 0.2) is 17.3 Å². The highest BCUT2D eigenvalue weighted by Crippen LogP contribution is 2.48. The normalized spacial score (nSPS) is 24.6. The molecule has 1 aromatic carbocycles. The van der Waals surface area contributed by atoms with Gasteiger partial charge in [-0.3, -0.25) is 9.69 Å². The molecule has 0 bridgehead atoms. The Bertz CT molecular complexity index is 1310. The van der Waals surface area contributed by atoms with Crippen LogP contribution in [0.4, 0.5) is 19.4 Å². The Kier molecular flexibility index (Phi) is 8.15. The van der Waals surface area contributed by atoms with Gasteiger partial charge < -0.3 is 40.8 Å². The molecule has 6 unspecified atom stereocenters. The zero-order valence-corrected chi connectivity index (χ0v) is 23.4. The molecule has 6 N–H and O–H groups in total. The van der Waals surface area contributed by atoms with E-state index in [0.717, 1.165) is 4.90 Å². The third-order valence-electron chi connectivity index (χ3n) is 7.19. The maximum Gasteiger partial charge on any atom is 0.586 e. The molecule has 224 valence electrons. The summed E-state index contributed by atoms with van der Waals surface area (Å²) in [6.07, 6.45) is -3.22. The number of aromatic nitrogens is 1. The van der Waals surface area contributed by atoms with Crippen LogP contribution in [0, 0.1) is 5.41 Å². The van der Waals surface area contributed by atoms with Crippen LogP contribution in [0.3, 0.4) is 0 Å². The van der Waals surface area contributed by atoms with Crippen molar-refractivity contribution in [3.8, 4) is 11.5 Å². The van der Waals surface area contributed by atoms with Crippen molar-refractivity contribution < 1.29 is 42.8 Å². The average molecular weight is 580 g/mol. The number of carbonyl (C=O) groups is 2. The highest BCUT2D eigenvalue weighted by molar-refractivity contribution is 6.04. The van der Waals surface area contributed by atoms with Crippen LogP contribution < -0.4 is 25.8 Å². The number of ether oxygens (including phenoxy) is 3. The fourth-order valence-electron chi connectivity index (χ4n) is 5.25. The van der Waals surface area contributed by atoms with E-state index in [2.05, 4.69) is 25.1 Å². The van der Waals surface area contributed by atoms with Gasteiger partial charge in [0, 0.05) is 18.8 Å². The number of pyridine rings is 1. The van der Waals surface area contributed by atoms with Gasteiger partial charge in [0.2, 0.25) is 5.91 Å². The van der Waals surface area contributed by atoms with Crippen molar-refractivity contribution in [1.82, 2.24) is 15.2 Å². The maximum absolute atomic E-state index is 13.6. The van der Waals surface area contributed by atoms with Crippen LogP contribution in [-0.2, 0) is 16.0 Å². The van der Waals surface area contributed by atoms with Crippen molar-refractivity contribution in [1.29, 1.82) is 0 Å². The smallest absolute Gasteiger partial charge is 0.395 e. The number of urea groups is 1. The van der Waals surface area contributed by atoms with Crippen molar-refractivity contribution in [2.45, 2.75) is 77.5 Å². The molecular formula is C27H35F2N5O7. The fourth-order valence-corrected chi connectivity index (χ4v) is 5.25. The molecule has 0 saturated carbocycles. The number of halogens is 2. The minimum absolute atomic E-state index is 0.111. The third-order valence-corrected chi connectivity index (χ3v) is 7.19. The molecule has 1 fully saturated rings. The first-order valence-electron chi connectivity index (χ1n) is 13.1. The minimum atomic E-state index is -3.78. The predicted octanol–water partition coefficient (Wildman–Crippen LogP) is 2.46. The maximum atomic E-state index is 13.6. The van der Waals surface area contributed by atoms with Gasteiger partial charge in [-0.05, 0) is 76.4 Å². The fraction of sp³-hybridized carbons (Fsp3) is 0.519. The molecule has 2 aliphatic rings. The summed E-state index contributed by atoms with van der Waals surface area (Å²) in [5.74, 6) is -2.44. The monoisotopic (exact) mass is 579 g/mol. The Labute approximate surface area is 235 Å². The SMILES string of the molecule is CCOC(C)(O)C1N(C(=O)NC(C)c2ccc3c(c2)OC(F)(F)O3)C(=O)C1(C)Cc1ccnc(NC(O)C(C)N)c1. The van der Waals surface area contributed by atoms with Crippen molar-refractivity contribution in [2.75, 3.05) is 11.9 Å².